The van der Waals surface area contributed by atoms with Gasteiger partial charge in [-0.25, -0.2) is 34.9 Å². The molecular weight excluding hydrogens is 1220 g/mol. The Labute approximate surface area is 585 Å². The van der Waals surface area contributed by atoms with Crippen molar-refractivity contribution in [1.82, 2.24) is 34.9 Å². The van der Waals surface area contributed by atoms with E-state index in [1.807, 2.05) is 149 Å². The van der Waals surface area contributed by atoms with E-state index < -0.39 is 0 Å². The molecule has 0 bridgehead atoms. The smallest absolute Gasteiger partial charge is 0.164 e. The topological polar surface area (TPSA) is 90.2 Å². The predicted molar refractivity (Wildman–Crippen MR) is 425 cm³/mol. The van der Waals surface area contributed by atoms with E-state index in [2.05, 4.69) is 228 Å². The summed E-state index contributed by atoms with van der Waals surface area (Å²) >= 11 is 0. The van der Waals surface area contributed by atoms with Gasteiger partial charge in [0, 0.05) is 54.9 Å². The Morgan fingerprint density at radius 1 is 0.170 bits per heavy atom. The molecule has 0 atom stereocenters. The molecule has 0 aliphatic rings. The quantitative estimate of drug-likeness (QED) is 0.121. The second kappa shape index (κ2) is 30.7. The first-order chi connectivity index (χ1) is 49.2. The van der Waals surface area contributed by atoms with Gasteiger partial charge in [-0.15, -0.1) is 0 Å². The fourth-order valence-electron chi connectivity index (χ4n) is 13.1. The molecule has 0 aliphatic heterocycles. The van der Waals surface area contributed by atoms with Crippen molar-refractivity contribution in [2.24, 2.45) is 0 Å². The third-order valence-electron chi connectivity index (χ3n) is 17.4. The second-order valence-electron chi connectivity index (χ2n) is 24.3. The Bertz CT molecular complexity index is 5420. The molecule has 0 fully saturated rings. The van der Waals surface area contributed by atoms with E-state index in [4.69, 9.17) is 34.9 Å². The number of fused-ring (bicyclic) bond motifs is 14. The number of aromatic nitrogens is 7. The summed E-state index contributed by atoms with van der Waals surface area (Å²) in [6.07, 6.45) is 0. The van der Waals surface area contributed by atoms with E-state index in [1.54, 1.807) is 0 Å². The molecule has 100 heavy (non-hydrogen) atoms. The van der Waals surface area contributed by atoms with Gasteiger partial charge in [0.05, 0.1) is 11.0 Å². The van der Waals surface area contributed by atoms with Gasteiger partial charge < -0.3 is 0 Å². The molecule has 7 heteroatoms. The van der Waals surface area contributed by atoms with Crippen molar-refractivity contribution in [2.45, 2.75) is 55.4 Å². The van der Waals surface area contributed by atoms with Gasteiger partial charge in [0.2, 0.25) is 0 Å². The van der Waals surface area contributed by atoms with Crippen LogP contribution in [-0.4, -0.2) is 34.9 Å². The number of hydrogen-bond acceptors (Lipinski definition) is 7. The van der Waals surface area contributed by atoms with Crippen molar-refractivity contribution in [3.8, 4) is 68.3 Å². The number of pyridine rings is 1. The lowest BCUT2D eigenvalue weighted by Gasteiger charge is -2.12. The minimum atomic E-state index is 0.689. The molecule has 7 nitrogen and oxygen atoms in total. The molecule has 0 aliphatic carbocycles. The van der Waals surface area contributed by atoms with Gasteiger partial charge in [-0.05, 0) is 112 Å². The average Bonchev–Trinajstić information content (AvgIpc) is 0.735. The van der Waals surface area contributed by atoms with Crippen LogP contribution in [-0.2, 0) is 0 Å². The van der Waals surface area contributed by atoms with Crippen LogP contribution in [0.4, 0.5) is 0 Å². The maximum absolute atomic E-state index is 5.03. The molecule has 0 amide bonds. The van der Waals surface area contributed by atoms with Crippen LogP contribution in [0.1, 0.15) is 49.9 Å². The van der Waals surface area contributed by atoms with Gasteiger partial charge in [0.25, 0.3) is 0 Å². The van der Waals surface area contributed by atoms with E-state index in [0.29, 0.717) is 34.9 Å². The summed E-state index contributed by atoms with van der Waals surface area (Å²) in [5, 5.41) is 18.0. The van der Waals surface area contributed by atoms with Crippen molar-refractivity contribution in [3.05, 3.63) is 344 Å². The standard InChI is InChI=1S/2C23H19N3.C22H14.C21H13N.2C2H6/c2*1-16-13-17(2)15-20(14-16)23-25-21(18-9-5-3-6-10-18)24-22(26-23)19-11-7-4-8-12-19;1-2-8-16-15(7-1)13-14-21-19-11-4-3-9-17(19)18-10-5-6-12-20(18)22(16)21;1-3-7-18-14(5-1)9-11-16-13-17-12-10-15-6-2-4-8-19(15)21(17)22-20(16)18;2*1-2/h2*3-15H,1-2H3;1-14H;1-13H;2*1-2H3. The highest BCUT2D eigenvalue weighted by Gasteiger charge is 2.16. The minimum Gasteiger partial charge on any atom is -0.246 e. The number of aryl methyl sites for hydroxylation is 4. The first-order valence-corrected chi connectivity index (χ1v) is 34.4. The van der Waals surface area contributed by atoms with Crippen LogP contribution in [0.15, 0.2) is 322 Å². The fourth-order valence-corrected chi connectivity index (χ4v) is 13.1. The molecule has 18 rings (SSSR count). The van der Waals surface area contributed by atoms with E-state index >= 15 is 0 Å². The summed E-state index contributed by atoms with van der Waals surface area (Å²) in [5.74, 6) is 4.15. The van der Waals surface area contributed by atoms with Gasteiger partial charge in [0.1, 0.15) is 0 Å². The molecule has 3 heterocycles. The van der Waals surface area contributed by atoms with Crippen molar-refractivity contribution >= 4 is 86.4 Å². The second-order valence-corrected chi connectivity index (χ2v) is 24.3. The summed E-state index contributed by atoms with van der Waals surface area (Å²) in [6, 6.07) is 111. The molecule has 0 unspecified atom stereocenters. The molecule has 0 spiro atoms. The Kier molecular flexibility index (Phi) is 20.3. The zero-order valence-electron chi connectivity index (χ0n) is 57.7. The van der Waals surface area contributed by atoms with E-state index in [-0.39, 0.29) is 0 Å². The van der Waals surface area contributed by atoms with Gasteiger partial charge >= 0.3 is 0 Å². The normalized spacial score (nSPS) is 10.8. The van der Waals surface area contributed by atoms with Crippen LogP contribution in [0, 0.1) is 27.7 Å². The zero-order valence-corrected chi connectivity index (χ0v) is 57.7. The number of benzene rings is 15. The largest absolute Gasteiger partial charge is 0.246 e. The monoisotopic (exact) mass is 1290 g/mol. The Balaban J connectivity index is 0.000000118. The Morgan fingerprint density at radius 2 is 0.410 bits per heavy atom. The number of nitrogens with zero attached hydrogens (tertiary/aromatic N) is 7. The lowest BCUT2D eigenvalue weighted by Crippen LogP contribution is -2.00. The predicted octanol–water partition coefficient (Wildman–Crippen LogP) is 25.0. The molecule has 0 N–H and O–H groups in total. The highest BCUT2D eigenvalue weighted by atomic mass is 15.0. The maximum Gasteiger partial charge on any atom is 0.164 e. The van der Waals surface area contributed by atoms with E-state index in [0.717, 1.165) is 44.4 Å². The third kappa shape index (κ3) is 14.5. The first kappa shape index (κ1) is 66.2. The molecule has 0 saturated carbocycles. The molecule has 18 aromatic rings. The summed E-state index contributed by atoms with van der Waals surface area (Å²) in [4.78, 5) is 33.5. The molecule has 0 saturated heterocycles. The van der Waals surface area contributed by atoms with Gasteiger partial charge in [-0.2, -0.15) is 0 Å². The first-order valence-electron chi connectivity index (χ1n) is 34.4. The van der Waals surface area contributed by atoms with Gasteiger partial charge in [0.15, 0.2) is 34.9 Å². The fraction of sp³-hybridized carbons (Fsp3) is 0.0860. The lowest BCUT2D eigenvalue weighted by atomic mass is 9.91. The average molecular weight is 1290 g/mol. The van der Waals surface area contributed by atoms with Crippen molar-refractivity contribution < 1.29 is 0 Å². The molecule has 484 valence electrons. The van der Waals surface area contributed by atoms with Crippen LogP contribution in [0.5, 0.6) is 0 Å². The van der Waals surface area contributed by atoms with Crippen LogP contribution in [0.3, 0.4) is 0 Å². The van der Waals surface area contributed by atoms with Crippen LogP contribution in [0.2, 0.25) is 0 Å². The minimum absolute atomic E-state index is 0.689. The lowest BCUT2D eigenvalue weighted by molar-refractivity contribution is 1.07. The summed E-state index contributed by atoms with van der Waals surface area (Å²) in [5.41, 5.74) is 12.9. The van der Waals surface area contributed by atoms with Gasteiger partial charge in [-0.3, -0.25) is 0 Å². The maximum atomic E-state index is 5.03. The number of rotatable bonds is 6. The zero-order chi connectivity index (χ0) is 68.9. The summed E-state index contributed by atoms with van der Waals surface area (Å²) < 4.78 is 0. The van der Waals surface area contributed by atoms with Gasteiger partial charge in [-0.1, -0.05) is 341 Å². The molecular formula is C93H77N7. The highest BCUT2D eigenvalue weighted by Crippen LogP contribution is 2.39. The number of hydrogen-bond donors (Lipinski definition) is 0. The van der Waals surface area contributed by atoms with Crippen LogP contribution in [0.25, 0.3) is 155 Å². The molecule has 0 radical (unpaired) electrons. The van der Waals surface area contributed by atoms with E-state index in [9.17, 15) is 0 Å². The van der Waals surface area contributed by atoms with Crippen molar-refractivity contribution in [3.63, 3.8) is 0 Å². The molecule has 15 aromatic carbocycles. The van der Waals surface area contributed by atoms with Crippen molar-refractivity contribution in [2.75, 3.05) is 0 Å². The summed E-state index contributed by atoms with van der Waals surface area (Å²) in [7, 11) is 0. The van der Waals surface area contributed by atoms with Crippen molar-refractivity contribution in [1.29, 1.82) is 0 Å². The van der Waals surface area contributed by atoms with Crippen LogP contribution < -0.4 is 0 Å². The highest BCUT2D eigenvalue weighted by molar-refractivity contribution is 6.31. The van der Waals surface area contributed by atoms with E-state index in [1.165, 1.54) is 97.7 Å². The SMILES string of the molecule is CC.CC.Cc1cc(C)cc(-c2nc(-c3ccccc3)nc(-c3ccccc3)n2)c1.Cc1cc(C)cc(-c2nc(-c3ccccc3)nc(-c3ccccc3)n2)c1.c1ccc2c(c1)ccc1c3ccccc3c3ccccc3c21.c1ccc2c(c1)ccc1cc3ccc4ccccc4c3nc12. The molecule has 3 aromatic heterocycles. The Hall–Kier alpha value is -12.5. The summed E-state index contributed by atoms with van der Waals surface area (Å²) in [6.45, 7) is 16.4. The van der Waals surface area contributed by atoms with Crippen LogP contribution >= 0.6 is 0 Å². The Morgan fingerprint density at radius 3 is 0.760 bits per heavy atom. The third-order valence-corrected chi connectivity index (χ3v) is 17.4.